The van der Waals surface area contributed by atoms with Gasteiger partial charge >= 0.3 is 17.8 Å². The predicted molar refractivity (Wildman–Crippen MR) is 33.5 cm³/mol. The number of allylic oxidation sites excluding steroid dienone is 2. The largest absolute Gasteiger partial charge is 0.378 e. The van der Waals surface area contributed by atoms with Crippen molar-refractivity contribution in [2.24, 2.45) is 0 Å². The van der Waals surface area contributed by atoms with Crippen molar-refractivity contribution in [3.8, 4) is 0 Å². The molecular formula is C6H2BF7. The fourth-order valence-electron chi connectivity index (χ4n) is 0.936. The maximum absolute atomic E-state index is 12.5. The van der Waals surface area contributed by atoms with Gasteiger partial charge in [0, 0.05) is 5.82 Å². The molecule has 8 heteroatoms. The highest BCUT2D eigenvalue weighted by atomic mass is 19.3. The molecule has 1 aliphatic rings. The molecule has 2 radical (unpaired) electrons. The van der Waals surface area contributed by atoms with Gasteiger partial charge in [0.05, 0.1) is 7.85 Å². The molecule has 0 bridgehead atoms. The second-order valence-corrected chi connectivity index (χ2v) is 2.81. The highest BCUT2D eigenvalue weighted by molar-refractivity contribution is 6.14. The first kappa shape index (κ1) is 11.4. The molecular weight excluding hydrogens is 216 g/mol. The normalized spacial score (nSPS) is 33.6. The summed E-state index contributed by atoms with van der Waals surface area (Å²) in [6, 6.07) is 0. The Balaban J connectivity index is 3.35. The van der Waals surface area contributed by atoms with E-state index in [1.807, 2.05) is 0 Å². The van der Waals surface area contributed by atoms with Gasteiger partial charge in [-0.2, -0.15) is 26.3 Å². The lowest BCUT2D eigenvalue weighted by atomic mass is 9.73. The standard InChI is InChI=1S/C6H2BF7/c7-2-1-3(8)5(11,12)6(13,14)4(2,9)10/h1-2H. The summed E-state index contributed by atoms with van der Waals surface area (Å²) in [5, 5.41) is 0. The van der Waals surface area contributed by atoms with Gasteiger partial charge in [-0.25, -0.2) is 4.39 Å². The summed E-state index contributed by atoms with van der Waals surface area (Å²) in [5.41, 5.74) is 0. The van der Waals surface area contributed by atoms with Crippen molar-refractivity contribution >= 4 is 7.85 Å². The minimum Gasteiger partial charge on any atom is -0.205 e. The Hall–Kier alpha value is -0.685. The zero-order valence-corrected chi connectivity index (χ0v) is 6.38. The molecule has 0 spiro atoms. The zero-order valence-electron chi connectivity index (χ0n) is 6.38. The fourth-order valence-corrected chi connectivity index (χ4v) is 0.936. The van der Waals surface area contributed by atoms with Crippen LogP contribution in [0.25, 0.3) is 0 Å². The topological polar surface area (TPSA) is 0 Å². The molecule has 0 aromatic rings. The van der Waals surface area contributed by atoms with Gasteiger partial charge in [-0.1, -0.05) is 0 Å². The van der Waals surface area contributed by atoms with Crippen LogP contribution in [0.3, 0.4) is 0 Å². The summed E-state index contributed by atoms with van der Waals surface area (Å²) in [5.74, 6) is -21.9. The van der Waals surface area contributed by atoms with E-state index in [4.69, 9.17) is 0 Å². The van der Waals surface area contributed by atoms with Crippen molar-refractivity contribution in [2.75, 3.05) is 0 Å². The highest BCUT2D eigenvalue weighted by Crippen LogP contribution is 2.57. The molecule has 0 saturated carbocycles. The van der Waals surface area contributed by atoms with Crippen LogP contribution in [0, 0.1) is 0 Å². The average molecular weight is 218 g/mol. The van der Waals surface area contributed by atoms with Crippen LogP contribution in [0.1, 0.15) is 0 Å². The second-order valence-electron chi connectivity index (χ2n) is 2.81. The first-order valence-corrected chi connectivity index (χ1v) is 3.32. The summed E-state index contributed by atoms with van der Waals surface area (Å²) in [7, 11) is 4.42. The van der Waals surface area contributed by atoms with Gasteiger partial charge in [0.2, 0.25) is 0 Å². The molecule has 1 unspecified atom stereocenters. The SMILES string of the molecule is [B]C1C=C(F)C(F)(F)C(F)(F)C1(F)F. The quantitative estimate of drug-likeness (QED) is 0.433. The predicted octanol–water partition coefficient (Wildman–Crippen LogP) is 2.72. The fraction of sp³-hybridized carbons (Fsp3) is 0.667. The Morgan fingerprint density at radius 3 is 1.93 bits per heavy atom. The van der Waals surface area contributed by atoms with Gasteiger partial charge in [0.25, 0.3) is 0 Å². The molecule has 0 nitrogen and oxygen atoms in total. The Kier molecular flexibility index (Phi) is 2.17. The average Bonchev–Trinajstić information content (AvgIpc) is 2.01. The van der Waals surface area contributed by atoms with E-state index in [2.05, 4.69) is 7.85 Å². The number of halogens is 7. The summed E-state index contributed by atoms with van der Waals surface area (Å²) in [6.07, 6.45) is -0.405. The van der Waals surface area contributed by atoms with Gasteiger partial charge in [-0.3, -0.25) is 0 Å². The van der Waals surface area contributed by atoms with E-state index in [0.29, 0.717) is 0 Å². The molecule has 0 fully saturated rings. The van der Waals surface area contributed by atoms with E-state index >= 15 is 0 Å². The molecule has 0 aromatic carbocycles. The van der Waals surface area contributed by atoms with Gasteiger partial charge in [0.15, 0.2) is 5.83 Å². The van der Waals surface area contributed by atoms with Crippen LogP contribution >= 0.6 is 0 Å². The molecule has 0 heterocycles. The Bertz CT molecular complexity index is 282. The third kappa shape index (κ3) is 1.08. The molecule has 78 valence electrons. The Labute approximate surface area is 75.2 Å². The third-order valence-corrected chi connectivity index (χ3v) is 1.86. The third-order valence-electron chi connectivity index (χ3n) is 1.86. The van der Waals surface area contributed by atoms with E-state index in [9.17, 15) is 30.7 Å². The lowest BCUT2D eigenvalue weighted by molar-refractivity contribution is -0.304. The van der Waals surface area contributed by atoms with Gasteiger partial charge in [0.1, 0.15) is 0 Å². The van der Waals surface area contributed by atoms with E-state index in [1.54, 1.807) is 0 Å². The lowest BCUT2D eigenvalue weighted by Crippen LogP contribution is -2.58. The Morgan fingerprint density at radius 2 is 1.50 bits per heavy atom. The van der Waals surface area contributed by atoms with Gasteiger partial charge < -0.3 is 0 Å². The van der Waals surface area contributed by atoms with Crippen molar-refractivity contribution in [1.29, 1.82) is 0 Å². The first-order chi connectivity index (χ1) is 6.05. The molecule has 1 rings (SSSR count). The van der Waals surface area contributed by atoms with Crippen LogP contribution in [0.5, 0.6) is 0 Å². The minimum absolute atomic E-state index is 0.405. The van der Waals surface area contributed by atoms with Crippen LogP contribution in [-0.2, 0) is 0 Å². The summed E-state index contributed by atoms with van der Waals surface area (Å²) < 4.78 is 86.7. The van der Waals surface area contributed by atoms with Crippen LogP contribution in [0.15, 0.2) is 11.9 Å². The number of rotatable bonds is 0. The van der Waals surface area contributed by atoms with Crippen LogP contribution in [0.2, 0.25) is 5.82 Å². The molecule has 0 amide bonds. The maximum Gasteiger partial charge on any atom is 0.378 e. The molecule has 0 N–H and O–H groups in total. The smallest absolute Gasteiger partial charge is 0.205 e. The van der Waals surface area contributed by atoms with Crippen molar-refractivity contribution in [3.63, 3.8) is 0 Å². The van der Waals surface area contributed by atoms with E-state index in [0.717, 1.165) is 0 Å². The molecule has 14 heavy (non-hydrogen) atoms. The van der Waals surface area contributed by atoms with Gasteiger partial charge in [-0.15, -0.1) is 0 Å². The first-order valence-electron chi connectivity index (χ1n) is 3.32. The number of hydrogen-bond acceptors (Lipinski definition) is 0. The maximum atomic E-state index is 12.5. The molecule has 1 aliphatic carbocycles. The minimum atomic E-state index is -5.82. The van der Waals surface area contributed by atoms with E-state index in [-0.39, 0.29) is 0 Å². The van der Waals surface area contributed by atoms with Crippen LogP contribution in [-0.4, -0.2) is 25.6 Å². The van der Waals surface area contributed by atoms with Crippen molar-refractivity contribution in [2.45, 2.75) is 23.6 Å². The zero-order chi connectivity index (χ0) is 11.4. The van der Waals surface area contributed by atoms with Crippen molar-refractivity contribution < 1.29 is 30.7 Å². The van der Waals surface area contributed by atoms with E-state index in [1.165, 1.54) is 0 Å². The number of hydrogen-bond donors (Lipinski definition) is 0. The summed E-state index contributed by atoms with van der Waals surface area (Å²) >= 11 is 0. The molecule has 0 aromatic heterocycles. The summed E-state index contributed by atoms with van der Waals surface area (Å²) in [6.45, 7) is 0. The highest BCUT2D eigenvalue weighted by Gasteiger charge is 2.76. The lowest BCUT2D eigenvalue weighted by Gasteiger charge is -2.38. The second kappa shape index (κ2) is 2.67. The van der Waals surface area contributed by atoms with Gasteiger partial charge in [-0.05, 0) is 6.08 Å². The van der Waals surface area contributed by atoms with E-state index < -0.39 is 35.5 Å². The Morgan fingerprint density at radius 1 is 1.07 bits per heavy atom. The van der Waals surface area contributed by atoms with Crippen molar-refractivity contribution in [1.82, 2.24) is 0 Å². The van der Waals surface area contributed by atoms with Crippen LogP contribution < -0.4 is 0 Å². The molecule has 0 saturated heterocycles. The molecule has 0 aliphatic heterocycles. The van der Waals surface area contributed by atoms with Crippen molar-refractivity contribution in [3.05, 3.63) is 11.9 Å². The summed E-state index contributed by atoms with van der Waals surface area (Å²) in [4.78, 5) is 0. The monoisotopic (exact) mass is 218 g/mol. The number of alkyl halides is 6. The van der Waals surface area contributed by atoms with Crippen LogP contribution in [0.4, 0.5) is 30.7 Å². The molecule has 1 atom stereocenters.